The minimum absolute atomic E-state index is 0.0648. The number of rotatable bonds is 4. The fraction of sp³-hybridized carbons (Fsp3) is 0.0476. The molecular formula is C21H16FN3O3S. The van der Waals surface area contributed by atoms with Gasteiger partial charge in [0, 0.05) is 0 Å². The number of hydrogen-bond acceptors (Lipinski definition) is 4. The Morgan fingerprint density at radius 1 is 0.966 bits per heavy atom. The first-order valence-electron chi connectivity index (χ1n) is 8.72. The molecule has 29 heavy (non-hydrogen) atoms. The van der Waals surface area contributed by atoms with Gasteiger partial charge in [-0.1, -0.05) is 18.2 Å². The molecule has 0 spiro atoms. The molecular weight excluding hydrogens is 393 g/mol. The summed E-state index contributed by atoms with van der Waals surface area (Å²) in [5.74, 6) is -0.0446. The Hall–Kier alpha value is -3.52. The van der Waals surface area contributed by atoms with Crippen molar-refractivity contribution < 1.29 is 12.8 Å². The summed E-state index contributed by atoms with van der Waals surface area (Å²) >= 11 is 0. The summed E-state index contributed by atoms with van der Waals surface area (Å²) < 4.78 is 42.1. The molecule has 1 heterocycles. The lowest BCUT2D eigenvalue weighted by atomic mass is 10.2. The van der Waals surface area contributed by atoms with E-state index >= 15 is 0 Å². The molecule has 0 aliphatic rings. The maximum absolute atomic E-state index is 13.1. The van der Waals surface area contributed by atoms with Crippen LogP contribution in [0, 0.1) is 12.7 Å². The molecule has 0 saturated carbocycles. The van der Waals surface area contributed by atoms with Gasteiger partial charge in [-0.05, 0) is 61.5 Å². The second-order valence-electron chi connectivity index (χ2n) is 6.43. The Bertz CT molecular complexity index is 1380. The monoisotopic (exact) mass is 409 g/mol. The molecule has 1 aromatic heterocycles. The van der Waals surface area contributed by atoms with Gasteiger partial charge in [0.05, 0.1) is 27.2 Å². The van der Waals surface area contributed by atoms with Crippen LogP contribution in [0.3, 0.4) is 0 Å². The Labute approximate surface area is 166 Å². The molecule has 0 amide bonds. The van der Waals surface area contributed by atoms with Crippen LogP contribution in [0.4, 0.5) is 10.1 Å². The lowest BCUT2D eigenvalue weighted by molar-refractivity contribution is 0.599. The molecule has 0 fully saturated rings. The summed E-state index contributed by atoms with van der Waals surface area (Å²) in [4.78, 5) is 17.3. The van der Waals surface area contributed by atoms with E-state index in [9.17, 15) is 17.6 Å². The highest BCUT2D eigenvalue weighted by Crippen LogP contribution is 2.20. The highest BCUT2D eigenvalue weighted by molar-refractivity contribution is 7.92. The SMILES string of the molecule is Cc1nc2ccccc2c(=O)n1-c1cccc(NS(=O)(=O)c2ccc(F)cc2)c1. The average molecular weight is 409 g/mol. The van der Waals surface area contributed by atoms with Crippen molar-refractivity contribution in [2.24, 2.45) is 0 Å². The first-order valence-corrected chi connectivity index (χ1v) is 10.2. The Balaban J connectivity index is 1.76. The quantitative estimate of drug-likeness (QED) is 0.558. The van der Waals surface area contributed by atoms with Crippen LogP contribution in [-0.4, -0.2) is 18.0 Å². The van der Waals surface area contributed by atoms with Crippen LogP contribution in [0.1, 0.15) is 5.82 Å². The van der Waals surface area contributed by atoms with Gasteiger partial charge in [0.15, 0.2) is 0 Å². The smallest absolute Gasteiger partial charge is 0.265 e. The number of aromatic nitrogens is 2. The van der Waals surface area contributed by atoms with Crippen molar-refractivity contribution in [2.75, 3.05) is 4.72 Å². The summed E-state index contributed by atoms with van der Waals surface area (Å²) in [5, 5.41) is 0.468. The van der Waals surface area contributed by atoms with Crippen LogP contribution in [0.2, 0.25) is 0 Å². The van der Waals surface area contributed by atoms with E-state index in [2.05, 4.69) is 9.71 Å². The number of sulfonamides is 1. The van der Waals surface area contributed by atoms with Gasteiger partial charge in [-0.3, -0.25) is 14.1 Å². The van der Waals surface area contributed by atoms with E-state index < -0.39 is 15.8 Å². The molecule has 146 valence electrons. The Morgan fingerprint density at radius 2 is 1.69 bits per heavy atom. The maximum atomic E-state index is 13.1. The third-order valence-electron chi connectivity index (χ3n) is 4.42. The maximum Gasteiger partial charge on any atom is 0.265 e. The predicted octanol–water partition coefficient (Wildman–Crippen LogP) is 3.63. The molecule has 0 radical (unpaired) electrons. The molecule has 4 aromatic rings. The van der Waals surface area contributed by atoms with Gasteiger partial charge in [0.1, 0.15) is 11.6 Å². The first-order chi connectivity index (χ1) is 13.8. The van der Waals surface area contributed by atoms with Crippen LogP contribution < -0.4 is 10.3 Å². The van der Waals surface area contributed by atoms with Crippen molar-refractivity contribution in [2.45, 2.75) is 11.8 Å². The fourth-order valence-corrected chi connectivity index (χ4v) is 4.13. The molecule has 0 unspecified atom stereocenters. The van der Waals surface area contributed by atoms with Crippen molar-refractivity contribution in [1.82, 2.24) is 9.55 Å². The molecule has 0 aliphatic heterocycles. The minimum atomic E-state index is -3.90. The standard InChI is InChI=1S/C21H16FN3O3S/c1-14-23-20-8-3-2-7-19(20)21(26)25(14)17-6-4-5-16(13-17)24-29(27,28)18-11-9-15(22)10-12-18/h2-13,24H,1H3. The molecule has 8 heteroatoms. The molecule has 1 N–H and O–H groups in total. The number of benzene rings is 3. The van der Waals surface area contributed by atoms with E-state index in [1.54, 1.807) is 49.4 Å². The van der Waals surface area contributed by atoms with Gasteiger partial charge >= 0.3 is 0 Å². The van der Waals surface area contributed by atoms with Crippen molar-refractivity contribution in [3.8, 4) is 5.69 Å². The summed E-state index contributed by atoms with van der Waals surface area (Å²) in [6.45, 7) is 1.71. The van der Waals surface area contributed by atoms with E-state index in [1.807, 2.05) is 6.07 Å². The van der Waals surface area contributed by atoms with Crippen LogP contribution >= 0.6 is 0 Å². The number of anilines is 1. The highest BCUT2D eigenvalue weighted by Gasteiger charge is 2.15. The number of nitrogens with one attached hydrogen (secondary N) is 1. The molecule has 3 aromatic carbocycles. The first kappa shape index (κ1) is 18.8. The van der Waals surface area contributed by atoms with Gasteiger partial charge < -0.3 is 0 Å². The molecule has 0 atom stereocenters. The number of halogens is 1. The highest BCUT2D eigenvalue weighted by atomic mass is 32.2. The molecule has 0 aliphatic carbocycles. The van der Waals surface area contributed by atoms with Crippen LogP contribution in [0.5, 0.6) is 0 Å². The van der Waals surface area contributed by atoms with Crippen LogP contribution in [0.25, 0.3) is 16.6 Å². The van der Waals surface area contributed by atoms with Crippen molar-refractivity contribution in [3.05, 3.63) is 94.8 Å². The average Bonchev–Trinajstić information content (AvgIpc) is 2.68. The van der Waals surface area contributed by atoms with Crippen molar-refractivity contribution in [3.63, 3.8) is 0 Å². The zero-order valence-corrected chi connectivity index (χ0v) is 16.2. The number of nitrogens with zero attached hydrogens (tertiary/aromatic N) is 2. The van der Waals surface area contributed by atoms with Crippen molar-refractivity contribution in [1.29, 1.82) is 0 Å². The number of hydrogen-bond donors (Lipinski definition) is 1. The van der Waals surface area contributed by atoms with Crippen molar-refractivity contribution >= 4 is 26.6 Å². The fourth-order valence-electron chi connectivity index (χ4n) is 3.08. The van der Waals surface area contributed by atoms with Gasteiger partial charge in [0.25, 0.3) is 15.6 Å². The summed E-state index contributed by atoms with van der Waals surface area (Å²) in [6, 6.07) is 18.0. The number of fused-ring (bicyclic) bond motifs is 1. The van der Waals surface area contributed by atoms with E-state index in [0.717, 1.165) is 12.1 Å². The van der Waals surface area contributed by atoms with Gasteiger partial charge in [0.2, 0.25) is 0 Å². The van der Waals surface area contributed by atoms with Gasteiger partial charge in [-0.2, -0.15) is 0 Å². The van der Waals surface area contributed by atoms with Gasteiger partial charge in [-0.15, -0.1) is 0 Å². The Kier molecular flexibility index (Phi) is 4.63. The Morgan fingerprint density at radius 3 is 2.45 bits per heavy atom. The summed E-state index contributed by atoms with van der Waals surface area (Å²) in [7, 11) is -3.90. The lowest BCUT2D eigenvalue weighted by Gasteiger charge is -2.13. The number of aryl methyl sites for hydroxylation is 1. The summed E-state index contributed by atoms with van der Waals surface area (Å²) in [6.07, 6.45) is 0. The van der Waals surface area contributed by atoms with Gasteiger partial charge in [-0.25, -0.2) is 17.8 Å². The molecule has 0 bridgehead atoms. The van der Waals surface area contributed by atoms with Crippen LogP contribution in [-0.2, 0) is 10.0 Å². The second-order valence-corrected chi connectivity index (χ2v) is 8.11. The number of para-hydroxylation sites is 1. The third-order valence-corrected chi connectivity index (χ3v) is 5.82. The zero-order chi connectivity index (χ0) is 20.6. The topological polar surface area (TPSA) is 81.1 Å². The normalized spacial score (nSPS) is 11.5. The van der Waals surface area contributed by atoms with E-state index in [4.69, 9.17) is 0 Å². The van der Waals surface area contributed by atoms with E-state index in [1.165, 1.54) is 16.7 Å². The second kappa shape index (κ2) is 7.14. The van der Waals surface area contributed by atoms with E-state index in [0.29, 0.717) is 22.4 Å². The molecule has 4 rings (SSSR count). The molecule has 0 saturated heterocycles. The minimum Gasteiger partial charge on any atom is -0.280 e. The summed E-state index contributed by atoms with van der Waals surface area (Å²) in [5.41, 5.74) is 1.10. The largest absolute Gasteiger partial charge is 0.280 e. The molecule has 6 nitrogen and oxygen atoms in total. The van der Waals surface area contributed by atoms with Crippen LogP contribution in [0.15, 0.2) is 82.5 Å². The zero-order valence-electron chi connectivity index (χ0n) is 15.3. The predicted molar refractivity (Wildman–Crippen MR) is 109 cm³/mol. The third kappa shape index (κ3) is 3.62. The van der Waals surface area contributed by atoms with E-state index in [-0.39, 0.29) is 16.1 Å². The lowest BCUT2D eigenvalue weighted by Crippen LogP contribution is -2.22.